The molecule has 158 valence electrons. The summed E-state index contributed by atoms with van der Waals surface area (Å²) in [6.07, 6.45) is 0.752. The Kier molecular flexibility index (Phi) is 6.20. The summed E-state index contributed by atoms with van der Waals surface area (Å²) in [6, 6.07) is 5.57. The number of nitrogens with zero attached hydrogens (tertiary/aromatic N) is 6. The Morgan fingerprint density at radius 1 is 1.17 bits per heavy atom. The van der Waals surface area contributed by atoms with Gasteiger partial charge in [0.25, 0.3) is 5.69 Å². The molecule has 0 bridgehead atoms. The first-order chi connectivity index (χ1) is 14.4. The third kappa shape index (κ3) is 4.51. The zero-order valence-corrected chi connectivity index (χ0v) is 16.1. The van der Waals surface area contributed by atoms with Crippen molar-refractivity contribution in [1.29, 1.82) is 0 Å². The van der Waals surface area contributed by atoms with Gasteiger partial charge in [0.1, 0.15) is 6.33 Å². The summed E-state index contributed by atoms with van der Waals surface area (Å²) in [5.41, 5.74) is -0.232. The minimum atomic E-state index is -0.604. The largest absolute Gasteiger partial charge is 0.450 e. The molecular weight excluding hydrogens is 398 g/mol. The normalized spacial score (nSPS) is 13.6. The number of hydrogen-bond acceptors (Lipinski definition) is 10. The monoisotopic (exact) mass is 417 g/mol. The topological polar surface area (TPSA) is 157 Å². The second-order valence-electron chi connectivity index (χ2n) is 6.26. The second kappa shape index (κ2) is 8.98. The molecule has 1 saturated heterocycles. The lowest BCUT2D eigenvalue weighted by Crippen LogP contribution is -2.49. The average Bonchev–Trinajstić information content (AvgIpc) is 2.74. The van der Waals surface area contributed by atoms with Crippen molar-refractivity contribution in [1.82, 2.24) is 14.9 Å². The van der Waals surface area contributed by atoms with Crippen molar-refractivity contribution in [2.75, 3.05) is 43.0 Å². The van der Waals surface area contributed by atoms with Gasteiger partial charge in [-0.1, -0.05) is 6.07 Å². The number of rotatable bonds is 6. The van der Waals surface area contributed by atoms with Gasteiger partial charge in [-0.3, -0.25) is 20.2 Å². The number of piperazine rings is 1. The van der Waals surface area contributed by atoms with Crippen LogP contribution in [0.25, 0.3) is 0 Å². The molecule has 2 aromatic rings. The third-order valence-corrected chi connectivity index (χ3v) is 4.41. The molecule has 30 heavy (non-hydrogen) atoms. The molecule has 2 heterocycles. The Morgan fingerprint density at radius 3 is 2.53 bits per heavy atom. The second-order valence-corrected chi connectivity index (χ2v) is 6.26. The highest BCUT2D eigenvalue weighted by atomic mass is 16.6. The van der Waals surface area contributed by atoms with E-state index in [9.17, 15) is 25.0 Å². The number of ether oxygens (including phenoxy) is 1. The molecule has 0 aliphatic carbocycles. The molecule has 0 saturated carbocycles. The Bertz CT molecular complexity index is 961. The van der Waals surface area contributed by atoms with Crippen LogP contribution in [0.3, 0.4) is 0 Å². The van der Waals surface area contributed by atoms with Crippen molar-refractivity contribution in [3.8, 4) is 0 Å². The summed E-state index contributed by atoms with van der Waals surface area (Å²) in [5, 5.41) is 25.5. The first-order valence-electron chi connectivity index (χ1n) is 9.08. The summed E-state index contributed by atoms with van der Waals surface area (Å²) in [5.74, 6) is 0.0183. The number of carbonyl (C=O) groups is 1. The maximum absolute atomic E-state index is 11.8. The van der Waals surface area contributed by atoms with Gasteiger partial charge < -0.3 is 19.9 Å². The van der Waals surface area contributed by atoms with Crippen LogP contribution in [0.2, 0.25) is 0 Å². The van der Waals surface area contributed by atoms with E-state index in [1.807, 2.05) is 0 Å². The van der Waals surface area contributed by atoms with Crippen LogP contribution in [0, 0.1) is 20.2 Å². The van der Waals surface area contributed by atoms with Gasteiger partial charge in [0, 0.05) is 44.0 Å². The van der Waals surface area contributed by atoms with E-state index in [1.165, 1.54) is 35.5 Å². The highest BCUT2D eigenvalue weighted by molar-refractivity contribution is 5.75. The van der Waals surface area contributed by atoms with Gasteiger partial charge in [-0.25, -0.2) is 14.8 Å². The highest BCUT2D eigenvalue weighted by Crippen LogP contribution is 2.34. The molecule has 0 unspecified atom stereocenters. The van der Waals surface area contributed by atoms with Crippen molar-refractivity contribution >= 4 is 34.8 Å². The molecule has 1 aromatic heterocycles. The van der Waals surface area contributed by atoms with Crippen molar-refractivity contribution in [2.45, 2.75) is 6.92 Å². The Balaban J connectivity index is 1.84. The number of anilines is 3. The van der Waals surface area contributed by atoms with Crippen molar-refractivity contribution in [2.24, 2.45) is 0 Å². The fourth-order valence-electron chi connectivity index (χ4n) is 3.01. The van der Waals surface area contributed by atoms with Crippen LogP contribution in [0.5, 0.6) is 0 Å². The molecule has 1 aliphatic heterocycles. The Labute approximate surface area is 170 Å². The highest BCUT2D eigenvalue weighted by Gasteiger charge is 2.30. The molecule has 13 heteroatoms. The van der Waals surface area contributed by atoms with Crippen LogP contribution in [0.4, 0.5) is 33.5 Å². The predicted octanol–water partition coefficient (Wildman–Crippen LogP) is 2.32. The number of hydrogen-bond donors (Lipinski definition) is 1. The molecular formula is C17H19N7O6. The molecule has 13 nitrogen and oxygen atoms in total. The van der Waals surface area contributed by atoms with Crippen LogP contribution in [0.15, 0.2) is 30.6 Å². The summed E-state index contributed by atoms with van der Waals surface area (Å²) in [6.45, 7) is 3.29. The molecule has 1 aliphatic rings. The van der Waals surface area contributed by atoms with Crippen LogP contribution >= 0.6 is 0 Å². The van der Waals surface area contributed by atoms with E-state index < -0.39 is 15.9 Å². The minimum Gasteiger partial charge on any atom is -0.450 e. The number of benzene rings is 1. The lowest BCUT2D eigenvalue weighted by Gasteiger charge is -2.34. The van der Waals surface area contributed by atoms with E-state index >= 15 is 0 Å². The number of carbonyl (C=O) groups excluding carboxylic acids is 1. The summed E-state index contributed by atoms with van der Waals surface area (Å²) < 4.78 is 4.97. The SMILES string of the molecule is CCOC(=O)N1CCN(c2ncnc(Nc3cccc([N+](=O)[O-])c3)c2[N+](=O)[O-])CC1. The van der Waals surface area contributed by atoms with Crippen molar-refractivity contribution < 1.29 is 19.4 Å². The lowest BCUT2D eigenvalue weighted by atomic mass is 10.2. The standard InChI is InChI=1S/C17H19N7O6/c1-2-30-17(25)22-8-6-21(7-9-22)16-14(24(28)29)15(18-11-19-16)20-12-4-3-5-13(10-12)23(26)27/h3-5,10-11H,2,6-9H2,1H3,(H,18,19,20). The fraction of sp³-hybridized carbons (Fsp3) is 0.353. The third-order valence-electron chi connectivity index (χ3n) is 4.41. The van der Waals surface area contributed by atoms with E-state index in [-0.39, 0.29) is 35.3 Å². The molecule has 0 atom stereocenters. The number of nitro groups is 2. The van der Waals surface area contributed by atoms with Gasteiger partial charge in [0.15, 0.2) is 0 Å². The van der Waals surface area contributed by atoms with E-state index in [1.54, 1.807) is 11.8 Å². The average molecular weight is 417 g/mol. The van der Waals surface area contributed by atoms with E-state index in [4.69, 9.17) is 4.74 Å². The molecule has 3 rings (SSSR count). The Morgan fingerprint density at radius 2 is 1.90 bits per heavy atom. The zero-order valence-electron chi connectivity index (χ0n) is 16.1. The predicted molar refractivity (Wildman–Crippen MR) is 106 cm³/mol. The molecule has 1 fully saturated rings. The van der Waals surface area contributed by atoms with Crippen molar-refractivity contribution in [3.05, 3.63) is 50.8 Å². The van der Waals surface area contributed by atoms with E-state index in [0.29, 0.717) is 26.2 Å². The van der Waals surface area contributed by atoms with Crippen LogP contribution in [-0.4, -0.2) is 63.6 Å². The van der Waals surface area contributed by atoms with Crippen LogP contribution in [0.1, 0.15) is 6.92 Å². The Hall–Kier alpha value is -4.03. The van der Waals surface area contributed by atoms with Crippen LogP contribution < -0.4 is 10.2 Å². The zero-order chi connectivity index (χ0) is 21.7. The molecule has 1 N–H and O–H groups in total. The van der Waals surface area contributed by atoms with Gasteiger partial charge in [0.2, 0.25) is 11.6 Å². The fourth-order valence-corrected chi connectivity index (χ4v) is 3.01. The van der Waals surface area contributed by atoms with Gasteiger partial charge in [0.05, 0.1) is 16.5 Å². The molecule has 1 aromatic carbocycles. The maximum Gasteiger partial charge on any atom is 0.409 e. The van der Waals surface area contributed by atoms with Gasteiger partial charge in [-0.15, -0.1) is 0 Å². The molecule has 1 amide bonds. The number of amides is 1. The smallest absolute Gasteiger partial charge is 0.409 e. The van der Waals surface area contributed by atoms with Gasteiger partial charge in [-0.2, -0.15) is 0 Å². The molecule has 0 spiro atoms. The van der Waals surface area contributed by atoms with Gasteiger partial charge in [-0.05, 0) is 13.0 Å². The maximum atomic E-state index is 11.8. The number of aromatic nitrogens is 2. The first-order valence-corrected chi connectivity index (χ1v) is 9.08. The van der Waals surface area contributed by atoms with E-state index in [2.05, 4.69) is 15.3 Å². The van der Waals surface area contributed by atoms with E-state index in [0.717, 1.165) is 0 Å². The van der Waals surface area contributed by atoms with Gasteiger partial charge >= 0.3 is 11.8 Å². The minimum absolute atomic E-state index is 0.0849. The number of nitro benzene ring substituents is 1. The first kappa shape index (κ1) is 20.7. The number of non-ortho nitro benzene ring substituents is 1. The van der Waals surface area contributed by atoms with Crippen LogP contribution in [-0.2, 0) is 4.74 Å². The molecule has 0 radical (unpaired) electrons. The summed E-state index contributed by atoms with van der Waals surface area (Å²) >= 11 is 0. The number of nitrogens with one attached hydrogen (secondary N) is 1. The summed E-state index contributed by atoms with van der Waals surface area (Å²) in [7, 11) is 0. The quantitative estimate of drug-likeness (QED) is 0.546. The summed E-state index contributed by atoms with van der Waals surface area (Å²) in [4.78, 5) is 44.6. The lowest BCUT2D eigenvalue weighted by molar-refractivity contribution is -0.384. The van der Waals surface area contributed by atoms with Crippen molar-refractivity contribution in [3.63, 3.8) is 0 Å².